The van der Waals surface area contributed by atoms with Gasteiger partial charge in [-0.05, 0) is 44.2 Å². The molecule has 0 spiro atoms. The van der Waals surface area contributed by atoms with E-state index in [9.17, 15) is 9.59 Å². The van der Waals surface area contributed by atoms with Crippen molar-refractivity contribution in [3.63, 3.8) is 0 Å². The molecular formula is C21H28N4O3. The highest BCUT2D eigenvalue weighted by Gasteiger charge is 2.19. The molecule has 0 aliphatic rings. The Morgan fingerprint density at radius 1 is 1.00 bits per heavy atom. The summed E-state index contributed by atoms with van der Waals surface area (Å²) in [6, 6.07) is 12.1. The van der Waals surface area contributed by atoms with E-state index in [1.807, 2.05) is 51.0 Å². The number of rotatable bonds is 7. The van der Waals surface area contributed by atoms with E-state index in [1.165, 1.54) is 0 Å². The molecule has 0 atom stereocenters. The number of hydrogen-bond donors (Lipinski definition) is 2. The molecule has 3 amide bonds. The van der Waals surface area contributed by atoms with Gasteiger partial charge in [0.25, 0.3) is 5.91 Å². The van der Waals surface area contributed by atoms with Gasteiger partial charge in [-0.15, -0.1) is 0 Å². The number of para-hydroxylation sites is 2. The van der Waals surface area contributed by atoms with Crippen molar-refractivity contribution < 1.29 is 14.3 Å². The molecule has 0 unspecified atom stereocenters. The normalized spacial score (nSPS) is 10.2. The number of nitrogens with one attached hydrogen (secondary N) is 2. The first-order chi connectivity index (χ1) is 13.4. The van der Waals surface area contributed by atoms with Gasteiger partial charge in [0.2, 0.25) is 0 Å². The first kappa shape index (κ1) is 21.1. The molecule has 7 heteroatoms. The lowest BCUT2D eigenvalue weighted by Crippen LogP contribution is -2.32. The Balaban J connectivity index is 2.25. The van der Waals surface area contributed by atoms with Crippen molar-refractivity contribution in [1.82, 2.24) is 4.90 Å². The molecule has 28 heavy (non-hydrogen) atoms. The molecule has 0 bridgehead atoms. The summed E-state index contributed by atoms with van der Waals surface area (Å²) in [7, 11) is 5.31. The minimum Gasteiger partial charge on any atom is -0.495 e. The van der Waals surface area contributed by atoms with Gasteiger partial charge in [0.05, 0.1) is 18.4 Å². The van der Waals surface area contributed by atoms with Crippen LogP contribution in [0, 0.1) is 0 Å². The molecule has 0 heterocycles. The monoisotopic (exact) mass is 384 g/mol. The zero-order valence-electron chi connectivity index (χ0n) is 17.1. The number of hydrogen-bond acceptors (Lipinski definition) is 4. The van der Waals surface area contributed by atoms with Crippen molar-refractivity contribution in [1.29, 1.82) is 0 Å². The van der Waals surface area contributed by atoms with E-state index < -0.39 is 6.03 Å². The van der Waals surface area contributed by atoms with Crippen molar-refractivity contribution in [2.75, 3.05) is 49.8 Å². The number of carbonyl (C=O) groups excluding carboxylic acids is 2. The van der Waals surface area contributed by atoms with Gasteiger partial charge in [-0.1, -0.05) is 12.1 Å². The van der Waals surface area contributed by atoms with E-state index in [0.29, 0.717) is 35.8 Å². The van der Waals surface area contributed by atoms with Gasteiger partial charge in [0.1, 0.15) is 5.75 Å². The van der Waals surface area contributed by atoms with Crippen LogP contribution in [-0.4, -0.2) is 51.1 Å². The van der Waals surface area contributed by atoms with Gasteiger partial charge in [-0.2, -0.15) is 0 Å². The number of nitrogens with zero attached hydrogens (tertiary/aromatic N) is 2. The summed E-state index contributed by atoms with van der Waals surface area (Å²) in [6.45, 7) is 5.13. The fourth-order valence-corrected chi connectivity index (χ4v) is 2.89. The Morgan fingerprint density at radius 2 is 1.68 bits per heavy atom. The summed E-state index contributed by atoms with van der Waals surface area (Å²) < 4.78 is 5.24. The second kappa shape index (κ2) is 9.64. The maximum atomic E-state index is 12.9. The molecular weight excluding hydrogens is 356 g/mol. The van der Waals surface area contributed by atoms with Crippen LogP contribution in [0.1, 0.15) is 24.2 Å². The molecule has 0 aliphatic heterocycles. The van der Waals surface area contributed by atoms with Gasteiger partial charge in [0, 0.05) is 38.6 Å². The van der Waals surface area contributed by atoms with Crippen molar-refractivity contribution in [2.24, 2.45) is 0 Å². The Morgan fingerprint density at radius 3 is 2.29 bits per heavy atom. The second-order valence-corrected chi connectivity index (χ2v) is 6.38. The van der Waals surface area contributed by atoms with Gasteiger partial charge in [-0.25, -0.2) is 4.79 Å². The predicted octanol–water partition coefficient (Wildman–Crippen LogP) is 3.89. The molecule has 0 fully saturated rings. The first-order valence-electron chi connectivity index (χ1n) is 9.22. The van der Waals surface area contributed by atoms with Crippen LogP contribution in [0.5, 0.6) is 5.75 Å². The number of amides is 3. The SMILES string of the molecule is CCN(CC)C(=O)c1cc(NC(=O)Nc2ccccc2OC)ccc1N(C)C. The third kappa shape index (κ3) is 4.94. The Hall–Kier alpha value is -3.22. The molecule has 0 saturated carbocycles. The van der Waals surface area contributed by atoms with Crippen molar-refractivity contribution in [3.8, 4) is 5.75 Å². The lowest BCUT2D eigenvalue weighted by molar-refractivity contribution is 0.0773. The number of benzene rings is 2. The minimum absolute atomic E-state index is 0.0671. The van der Waals surface area contributed by atoms with E-state index >= 15 is 0 Å². The average molecular weight is 384 g/mol. The van der Waals surface area contributed by atoms with Crippen molar-refractivity contribution in [3.05, 3.63) is 48.0 Å². The average Bonchev–Trinajstić information content (AvgIpc) is 2.68. The van der Waals surface area contributed by atoms with Crippen LogP contribution >= 0.6 is 0 Å². The lowest BCUT2D eigenvalue weighted by atomic mass is 10.1. The highest BCUT2D eigenvalue weighted by Crippen LogP contribution is 2.26. The fourth-order valence-electron chi connectivity index (χ4n) is 2.89. The third-order valence-electron chi connectivity index (χ3n) is 4.37. The maximum Gasteiger partial charge on any atom is 0.323 e. The van der Waals surface area contributed by atoms with E-state index in [4.69, 9.17) is 4.74 Å². The summed E-state index contributed by atoms with van der Waals surface area (Å²) in [4.78, 5) is 28.9. The quantitative estimate of drug-likeness (QED) is 0.760. The molecule has 150 valence electrons. The van der Waals surface area contributed by atoms with Gasteiger partial charge < -0.3 is 25.2 Å². The standard InChI is InChI=1S/C21H28N4O3/c1-6-25(7-2)20(26)16-14-15(12-13-18(16)24(3)4)22-21(27)23-17-10-8-9-11-19(17)28-5/h8-14H,6-7H2,1-5H3,(H2,22,23,27). The van der Waals surface area contributed by atoms with Crippen LogP contribution in [0.2, 0.25) is 0 Å². The summed E-state index contributed by atoms with van der Waals surface area (Å²) in [5.74, 6) is 0.500. The molecule has 0 aliphatic carbocycles. The Kier molecular flexibility index (Phi) is 7.26. The summed E-state index contributed by atoms with van der Waals surface area (Å²) in [5, 5.41) is 5.54. The summed E-state index contributed by atoms with van der Waals surface area (Å²) in [6.07, 6.45) is 0. The first-order valence-corrected chi connectivity index (χ1v) is 9.22. The molecule has 2 rings (SSSR count). The maximum absolute atomic E-state index is 12.9. The highest BCUT2D eigenvalue weighted by atomic mass is 16.5. The second-order valence-electron chi connectivity index (χ2n) is 6.38. The van der Waals surface area contributed by atoms with E-state index in [0.717, 1.165) is 5.69 Å². The minimum atomic E-state index is -0.414. The van der Waals surface area contributed by atoms with E-state index in [2.05, 4.69) is 10.6 Å². The van der Waals surface area contributed by atoms with Gasteiger partial charge in [0.15, 0.2) is 0 Å². The smallest absolute Gasteiger partial charge is 0.323 e. The zero-order valence-corrected chi connectivity index (χ0v) is 17.1. The molecule has 7 nitrogen and oxygen atoms in total. The number of methoxy groups -OCH3 is 1. The Bertz CT molecular complexity index is 832. The van der Waals surface area contributed by atoms with Crippen LogP contribution in [0.25, 0.3) is 0 Å². The molecule has 2 aromatic carbocycles. The van der Waals surface area contributed by atoms with Crippen LogP contribution in [0.15, 0.2) is 42.5 Å². The van der Waals surface area contributed by atoms with Crippen LogP contribution in [-0.2, 0) is 0 Å². The summed E-state index contributed by atoms with van der Waals surface area (Å²) in [5.41, 5.74) is 2.44. The van der Waals surface area contributed by atoms with E-state index in [1.54, 1.807) is 36.3 Å². The largest absolute Gasteiger partial charge is 0.495 e. The molecule has 0 aromatic heterocycles. The molecule has 2 aromatic rings. The number of ether oxygens (including phenoxy) is 1. The third-order valence-corrected chi connectivity index (χ3v) is 4.37. The zero-order chi connectivity index (χ0) is 20.7. The van der Waals surface area contributed by atoms with Crippen LogP contribution < -0.4 is 20.3 Å². The lowest BCUT2D eigenvalue weighted by Gasteiger charge is -2.23. The molecule has 2 N–H and O–H groups in total. The number of anilines is 3. The number of urea groups is 1. The highest BCUT2D eigenvalue weighted by molar-refractivity contribution is 6.04. The fraction of sp³-hybridized carbons (Fsp3) is 0.333. The van der Waals surface area contributed by atoms with Gasteiger partial charge in [-0.3, -0.25) is 4.79 Å². The topological polar surface area (TPSA) is 73.9 Å². The van der Waals surface area contributed by atoms with Crippen LogP contribution in [0.4, 0.5) is 21.9 Å². The predicted molar refractivity (Wildman–Crippen MR) is 114 cm³/mol. The molecule has 0 radical (unpaired) electrons. The van der Waals surface area contributed by atoms with Crippen LogP contribution in [0.3, 0.4) is 0 Å². The molecule has 0 saturated heterocycles. The van der Waals surface area contributed by atoms with Crippen molar-refractivity contribution in [2.45, 2.75) is 13.8 Å². The van der Waals surface area contributed by atoms with Crippen molar-refractivity contribution >= 4 is 29.0 Å². The number of carbonyl (C=O) groups is 2. The summed E-state index contributed by atoms with van der Waals surface area (Å²) >= 11 is 0. The Labute approximate surface area is 166 Å². The van der Waals surface area contributed by atoms with E-state index in [-0.39, 0.29) is 5.91 Å². The van der Waals surface area contributed by atoms with Gasteiger partial charge >= 0.3 is 6.03 Å².